The first-order chi connectivity index (χ1) is 13.1. The van der Waals surface area contributed by atoms with E-state index in [4.69, 9.17) is 0 Å². The molecule has 0 bridgehead atoms. The summed E-state index contributed by atoms with van der Waals surface area (Å²) in [6.45, 7) is 2.19. The van der Waals surface area contributed by atoms with Gasteiger partial charge in [-0.25, -0.2) is 4.68 Å². The minimum absolute atomic E-state index is 0.00247. The highest BCUT2D eigenvalue weighted by molar-refractivity contribution is 5.83. The smallest absolute Gasteiger partial charge is 0.223 e. The molecular weight excluding hydrogens is 340 g/mol. The van der Waals surface area contributed by atoms with E-state index in [2.05, 4.69) is 5.10 Å². The van der Waals surface area contributed by atoms with Crippen LogP contribution >= 0.6 is 0 Å². The molecule has 0 radical (unpaired) electrons. The zero-order chi connectivity index (χ0) is 19.1. The zero-order valence-electron chi connectivity index (χ0n) is 16.0. The number of hydrogen-bond acceptors (Lipinski definition) is 3. The van der Waals surface area contributed by atoms with Gasteiger partial charge in [-0.15, -0.1) is 0 Å². The lowest BCUT2D eigenvalue weighted by Crippen LogP contribution is -2.33. The van der Waals surface area contributed by atoms with Gasteiger partial charge in [0, 0.05) is 51.9 Å². The highest BCUT2D eigenvalue weighted by Crippen LogP contribution is 2.14. The average molecular weight is 368 g/mol. The molecule has 0 N–H and O–H groups in total. The van der Waals surface area contributed by atoms with Crippen molar-refractivity contribution in [2.24, 2.45) is 0 Å². The molecule has 1 saturated heterocycles. The van der Waals surface area contributed by atoms with E-state index in [0.29, 0.717) is 13.0 Å². The Bertz CT molecular complexity index is 749. The molecule has 0 aliphatic carbocycles. The zero-order valence-corrected chi connectivity index (χ0v) is 16.0. The van der Waals surface area contributed by atoms with Crippen LogP contribution in [0, 0.1) is 0 Å². The van der Waals surface area contributed by atoms with Crippen LogP contribution in [-0.2, 0) is 16.1 Å². The summed E-state index contributed by atoms with van der Waals surface area (Å²) in [6, 6.07) is 9.85. The van der Waals surface area contributed by atoms with Gasteiger partial charge in [-0.1, -0.05) is 25.0 Å². The number of hydrogen-bond donors (Lipinski definition) is 0. The van der Waals surface area contributed by atoms with E-state index in [1.54, 1.807) is 22.8 Å². The van der Waals surface area contributed by atoms with Crippen molar-refractivity contribution in [3.05, 3.63) is 48.3 Å². The molecule has 6 nitrogen and oxygen atoms in total. The summed E-state index contributed by atoms with van der Waals surface area (Å²) < 4.78 is 1.80. The highest BCUT2D eigenvalue weighted by Gasteiger charge is 2.18. The van der Waals surface area contributed by atoms with Crippen LogP contribution in [0.3, 0.4) is 0 Å². The maximum atomic E-state index is 12.5. The number of aromatic nitrogens is 2. The van der Waals surface area contributed by atoms with Crippen LogP contribution in [0.15, 0.2) is 42.7 Å². The molecule has 0 unspecified atom stereocenters. The van der Waals surface area contributed by atoms with E-state index in [0.717, 1.165) is 37.2 Å². The summed E-state index contributed by atoms with van der Waals surface area (Å²) in [5.41, 5.74) is 2.01. The maximum Gasteiger partial charge on any atom is 0.223 e. The largest absolute Gasteiger partial charge is 0.343 e. The third-order valence-corrected chi connectivity index (χ3v) is 5.04. The van der Waals surface area contributed by atoms with Crippen molar-refractivity contribution >= 4 is 11.8 Å². The van der Waals surface area contributed by atoms with Gasteiger partial charge >= 0.3 is 0 Å². The minimum Gasteiger partial charge on any atom is -0.343 e. The molecule has 1 aliphatic heterocycles. The van der Waals surface area contributed by atoms with Crippen LogP contribution in [0.25, 0.3) is 5.69 Å². The molecule has 3 rings (SSSR count). The Morgan fingerprint density at radius 2 is 1.85 bits per heavy atom. The normalized spacial score (nSPS) is 14.6. The van der Waals surface area contributed by atoms with Crippen LogP contribution in [-0.4, -0.2) is 51.5 Å². The molecule has 144 valence electrons. The molecule has 1 aromatic heterocycles. The second-order valence-electron chi connectivity index (χ2n) is 7.17. The van der Waals surface area contributed by atoms with E-state index < -0.39 is 0 Å². The summed E-state index contributed by atoms with van der Waals surface area (Å²) in [5.74, 6) is 0.113. The Balaban J connectivity index is 1.50. The fourth-order valence-corrected chi connectivity index (χ4v) is 3.46. The average Bonchev–Trinajstić information content (AvgIpc) is 3.08. The molecule has 0 spiro atoms. The van der Waals surface area contributed by atoms with Crippen molar-refractivity contribution in [3.63, 3.8) is 0 Å². The topological polar surface area (TPSA) is 58.4 Å². The first-order valence-electron chi connectivity index (χ1n) is 9.74. The first-order valence-corrected chi connectivity index (χ1v) is 9.74. The van der Waals surface area contributed by atoms with Crippen LogP contribution in [0.5, 0.6) is 0 Å². The second kappa shape index (κ2) is 9.35. The van der Waals surface area contributed by atoms with Crippen molar-refractivity contribution in [2.75, 3.05) is 20.1 Å². The predicted molar refractivity (Wildman–Crippen MR) is 104 cm³/mol. The summed E-state index contributed by atoms with van der Waals surface area (Å²) in [7, 11) is 1.79. The Morgan fingerprint density at radius 1 is 1.07 bits per heavy atom. The van der Waals surface area contributed by atoms with Gasteiger partial charge in [-0.3, -0.25) is 9.59 Å². The lowest BCUT2D eigenvalue weighted by atomic mass is 10.1. The number of benzene rings is 1. The van der Waals surface area contributed by atoms with Gasteiger partial charge in [0.25, 0.3) is 0 Å². The summed E-state index contributed by atoms with van der Waals surface area (Å²) >= 11 is 0. The van der Waals surface area contributed by atoms with Gasteiger partial charge in [0.15, 0.2) is 0 Å². The Kier molecular flexibility index (Phi) is 6.63. The molecule has 1 aromatic carbocycles. The lowest BCUT2D eigenvalue weighted by Gasteiger charge is -2.21. The van der Waals surface area contributed by atoms with Crippen LogP contribution in [0.1, 0.15) is 44.1 Å². The molecule has 27 heavy (non-hydrogen) atoms. The Morgan fingerprint density at radius 3 is 2.56 bits per heavy atom. The molecule has 0 atom stereocenters. The van der Waals surface area contributed by atoms with Crippen LogP contribution in [0.2, 0.25) is 0 Å². The van der Waals surface area contributed by atoms with Crippen molar-refractivity contribution in [1.29, 1.82) is 0 Å². The molecule has 6 heteroatoms. The van der Waals surface area contributed by atoms with Gasteiger partial charge in [-0.2, -0.15) is 5.10 Å². The molecule has 2 heterocycles. The fraction of sp³-hybridized carbons (Fsp3) is 0.476. The predicted octanol–water partition coefficient (Wildman–Crippen LogP) is 3.01. The quantitative estimate of drug-likeness (QED) is 0.787. The summed E-state index contributed by atoms with van der Waals surface area (Å²) in [6.07, 6.45) is 8.75. The highest BCUT2D eigenvalue weighted by atomic mass is 16.2. The van der Waals surface area contributed by atoms with E-state index in [-0.39, 0.29) is 18.2 Å². The minimum atomic E-state index is 0.00247. The molecule has 1 aliphatic rings. The third-order valence-electron chi connectivity index (χ3n) is 5.04. The van der Waals surface area contributed by atoms with E-state index in [1.165, 1.54) is 12.8 Å². The van der Waals surface area contributed by atoms with E-state index >= 15 is 0 Å². The van der Waals surface area contributed by atoms with Gasteiger partial charge in [0.1, 0.15) is 0 Å². The standard InChI is InChI=1S/C21H28N4O2/c1-23(17-18-8-6-9-19(16-18)25-15-7-12-22-25)20(26)10-11-21(27)24-13-4-2-3-5-14-24/h6-9,12,15-16H,2-5,10-11,13-14,17H2,1H3. The summed E-state index contributed by atoms with van der Waals surface area (Å²) in [5, 5.41) is 4.24. The number of rotatable bonds is 6. The van der Waals surface area contributed by atoms with E-state index in [9.17, 15) is 9.59 Å². The van der Waals surface area contributed by atoms with Crippen molar-refractivity contribution in [2.45, 2.75) is 45.1 Å². The SMILES string of the molecule is CN(Cc1cccc(-n2cccn2)c1)C(=O)CCC(=O)N1CCCCCC1. The molecule has 2 amide bonds. The Labute approximate surface area is 160 Å². The molecule has 0 saturated carbocycles. The van der Waals surface area contributed by atoms with Crippen molar-refractivity contribution in [3.8, 4) is 5.69 Å². The van der Waals surface area contributed by atoms with Gasteiger partial charge in [0.05, 0.1) is 5.69 Å². The number of carbonyl (C=O) groups is 2. The van der Waals surface area contributed by atoms with Crippen LogP contribution < -0.4 is 0 Å². The van der Waals surface area contributed by atoms with Crippen molar-refractivity contribution < 1.29 is 9.59 Å². The van der Waals surface area contributed by atoms with Gasteiger partial charge in [0.2, 0.25) is 11.8 Å². The van der Waals surface area contributed by atoms with Crippen LogP contribution in [0.4, 0.5) is 0 Å². The number of amides is 2. The van der Waals surface area contributed by atoms with Gasteiger partial charge in [-0.05, 0) is 36.6 Å². The monoisotopic (exact) mass is 368 g/mol. The summed E-state index contributed by atoms with van der Waals surface area (Å²) in [4.78, 5) is 28.4. The second-order valence-corrected chi connectivity index (χ2v) is 7.17. The lowest BCUT2D eigenvalue weighted by molar-refractivity contribution is -0.136. The Hall–Kier alpha value is -2.63. The number of nitrogens with zero attached hydrogens (tertiary/aromatic N) is 4. The third kappa shape index (κ3) is 5.42. The molecule has 2 aromatic rings. The number of carbonyl (C=O) groups excluding carboxylic acids is 2. The van der Waals surface area contributed by atoms with Gasteiger partial charge < -0.3 is 9.80 Å². The molecular formula is C21H28N4O2. The maximum absolute atomic E-state index is 12.5. The van der Waals surface area contributed by atoms with Crippen molar-refractivity contribution in [1.82, 2.24) is 19.6 Å². The molecule has 1 fully saturated rings. The number of likely N-dealkylation sites (tertiary alicyclic amines) is 1. The fourth-order valence-electron chi connectivity index (χ4n) is 3.46. The first kappa shape index (κ1) is 19.1. The van der Waals surface area contributed by atoms with E-state index in [1.807, 2.05) is 41.4 Å².